The largest absolute Gasteiger partial charge is 0.180 e. The summed E-state index contributed by atoms with van der Waals surface area (Å²) in [4.78, 5) is 0. The van der Waals surface area contributed by atoms with Crippen molar-refractivity contribution in [3.8, 4) is 77.9 Å². The standard InChI is InChI=1S/C91H58Si2/c1-5-30-60(31-6-1)92(61-32-7-2-8-33-61)82-53-23-18-42-74(82)87-69(48-27-55-84(87)92)65-44-25-46-71-76(65)58-77-66(70-49-28-56-85-88(70)75-43-19-24-54-83(75)93(85,62-34-9-3-10-35-62)63-36-11-4-12-37-63)45-26-47-72(77)86(71)78-57-59-29-13-14-38-64(59)89-73-41-17-22-52-81(73)91(90(78)89)79-50-20-15-39-67(79)68-40-16-21-51-80(68)91/h1-58H. The van der Waals surface area contributed by atoms with Gasteiger partial charge >= 0.3 is 0 Å². The molecule has 20 rings (SSSR count). The van der Waals surface area contributed by atoms with Crippen LogP contribution in [-0.4, -0.2) is 16.1 Å². The molecule has 16 aromatic rings. The maximum absolute atomic E-state index is 2.86. The van der Waals surface area contributed by atoms with Gasteiger partial charge < -0.3 is 0 Å². The Balaban J connectivity index is 0.954. The van der Waals surface area contributed by atoms with Crippen molar-refractivity contribution in [2.45, 2.75) is 5.41 Å². The van der Waals surface area contributed by atoms with E-state index in [4.69, 9.17) is 0 Å². The Kier molecular flexibility index (Phi) is 11.2. The topological polar surface area (TPSA) is 0 Å². The van der Waals surface area contributed by atoms with Crippen molar-refractivity contribution < 1.29 is 0 Å². The highest BCUT2D eigenvalue weighted by Crippen LogP contribution is 2.66. The first kappa shape index (κ1) is 52.5. The van der Waals surface area contributed by atoms with Gasteiger partial charge in [0, 0.05) is 0 Å². The van der Waals surface area contributed by atoms with E-state index in [1.165, 1.54) is 174 Å². The summed E-state index contributed by atoms with van der Waals surface area (Å²) in [5, 5.41) is 18.8. The zero-order chi connectivity index (χ0) is 61.0. The average molecular weight is 1210 g/mol. The molecular weight excluding hydrogens is 1150 g/mol. The molecule has 0 aromatic heterocycles. The Bertz CT molecular complexity index is 5440. The van der Waals surface area contributed by atoms with Gasteiger partial charge in [-0.3, -0.25) is 0 Å². The second kappa shape index (κ2) is 19.9. The molecule has 0 bridgehead atoms. The smallest absolute Gasteiger partial charge is 0.0623 e. The number of hydrogen-bond donors (Lipinski definition) is 0. The lowest BCUT2D eigenvalue weighted by molar-refractivity contribution is 0.796. The number of fused-ring (bicyclic) bond motifs is 20. The lowest BCUT2D eigenvalue weighted by Crippen LogP contribution is -2.72. The minimum absolute atomic E-state index is 0.623. The van der Waals surface area contributed by atoms with Gasteiger partial charge in [0.25, 0.3) is 0 Å². The van der Waals surface area contributed by atoms with E-state index in [1.807, 2.05) is 0 Å². The molecule has 16 aromatic carbocycles. The Morgan fingerprint density at radius 1 is 0.183 bits per heavy atom. The quantitative estimate of drug-likeness (QED) is 0.110. The van der Waals surface area contributed by atoms with Gasteiger partial charge in [-0.1, -0.05) is 340 Å². The van der Waals surface area contributed by atoms with Crippen LogP contribution >= 0.6 is 0 Å². The molecule has 0 nitrogen and oxygen atoms in total. The zero-order valence-corrected chi connectivity index (χ0v) is 53.0. The molecule has 4 aliphatic rings. The van der Waals surface area contributed by atoms with E-state index in [2.05, 4.69) is 352 Å². The summed E-state index contributed by atoms with van der Waals surface area (Å²) >= 11 is 0. The van der Waals surface area contributed by atoms with Gasteiger partial charge in [0.05, 0.1) is 5.41 Å². The highest BCUT2D eigenvalue weighted by molar-refractivity contribution is 7.23. The third-order valence-electron chi connectivity index (χ3n) is 21.8. The molecule has 93 heavy (non-hydrogen) atoms. The van der Waals surface area contributed by atoms with Gasteiger partial charge in [-0.25, -0.2) is 0 Å². The molecule has 0 saturated carbocycles. The fourth-order valence-electron chi connectivity index (χ4n) is 18.5. The van der Waals surface area contributed by atoms with E-state index in [0.717, 1.165) is 0 Å². The lowest BCUT2D eigenvalue weighted by atomic mass is 9.68. The van der Waals surface area contributed by atoms with Crippen LogP contribution in [0.2, 0.25) is 0 Å². The minimum atomic E-state index is -2.86. The van der Waals surface area contributed by atoms with Crippen LogP contribution in [0.25, 0.3) is 110 Å². The molecule has 430 valence electrons. The molecule has 0 radical (unpaired) electrons. The third kappa shape index (κ3) is 6.83. The monoisotopic (exact) mass is 1210 g/mol. The molecule has 0 unspecified atom stereocenters. The molecule has 2 aliphatic carbocycles. The Hall–Kier alpha value is -11.3. The summed E-state index contributed by atoms with van der Waals surface area (Å²) in [6.45, 7) is 0. The fraction of sp³-hybridized carbons (Fsp3) is 0.0110. The molecule has 0 amide bonds. The molecular formula is C91H58Si2. The summed E-state index contributed by atoms with van der Waals surface area (Å²) < 4.78 is 0. The SMILES string of the molecule is c1ccc([Si]2(c3ccccc3)c3ccccc3-c3c(-c4cccc5c(-c6cc7ccccc7c7c6C6(c8ccccc8-c8ccccc86)c6ccccc6-7)c6cccc(-c7cccc8c7-c7ccccc7[Si]8(c7ccccc7)c7ccccc7)c6cc45)cccc32)cc1. The molecule has 2 heterocycles. The second-order valence-corrected chi connectivity index (χ2v) is 33.3. The highest BCUT2D eigenvalue weighted by Gasteiger charge is 2.55. The average Bonchev–Trinajstić information content (AvgIpc) is 1.52. The predicted molar refractivity (Wildman–Crippen MR) is 397 cm³/mol. The van der Waals surface area contributed by atoms with Crippen LogP contribution in [0.5, 0.6) is 0 Å². The van der Waals surface area contributed by atoms with Crippen molar-refractivity contribution in [1.82, 2.24) is 0 Å². The predicted octanol–water partition coefficient (Wildman–Crippen LogP) is 17.2. The van der Waals surface area contributed by atoms with E-state index >= 15 is 0 Å². The van der Waals surface area contributed by atoms with Gasteiger partial charge in [0.2, 0.25) is 0 Å². The van der Waals surface area contributed by atoms with Crippen LogP contribution in [0, 0.1) is 0 Å². The first-order chi connectivity index (χ1) is 46.2. The van der Waals surface area contributed by atoms with Crippen molar-refractivity contribution in [2.24, 2.45) is 0 Å². The molecule has 0 atom stereocenters. The van der Waals surface area contributed by atoms with E-state index in [0.29, 0.717) is 0 Å². The Morgan fingerprint density at radius 2 is 0.516 bits per heavy atom. The van der Waals surface area contributed by atoms with Crippen molar-refractivity contribution in [1.29, 1.82) is 0 Å². The second-order valence-electron chi connectivity index (χ2n) is 25.8. The first-order valence-electron chi connectivity index (χ1n) is 32.7. The summed E-state index contributed by atoms with van der Waals surface area (Å²) in [5.74, 6) is 0. The van der Waals surface area contributed by atoms with Crippen molar-refractivity contribution in [3.05, 3.63) is 374 Å². The molecule has 1 spiro atoms. The minimum Gasteiger partial charge on any atom is -0.0623 e. The maximum atomic E-state index is 2.61. The number of hydrogen-bond acceptors (Lipinski definition) is 0. The molecule has 0 N–H and O–H groups in total. The van der Waals surface area contributed by atoms with E-state index in [1.54, 1.807) is 0 Å². The normalized spacial score (nSPS) is 14.3. The van der Waals surface area contributed by atoms with Crippen LogP contribution < -0.4 is 41.5 Å². The van der Waals surface area contributed by atoms with Crippen molar-refractivity contribution in [3.63, 3.8) is 0 Å². The van der Waals surface area contributed by atoms with Crippen LogP contribution in [0.1, 0.15) is 22.3 Å². The molecule has 0 saturated heterocycles. The maximum Gasteiger partial charge on any atom is 0.180 e. The summed E-state index contributed by atoms with van der Waals surface area (Å²) in [7, 11) is -5.72. The van der Waals surface area contributed by atoms with E-state index in [9.17, 15) is 0 Å². The van der Waals surface area contributed by atoms with Crippen LogP contribution in [0.3, 0.4) is 0 Å². The summed E-state index contributed by atoms with van der Waals surface area (Å²) in [6, 6.07) is 136. The molecule has 2 heteroatoms. The highest BCUT2D eigenvalue weighted by atomic mass is 28.3. The third-order valence-corrected chi connectivity index (χ3v) is 31.6. The van der Waals surface area contributed by atoms with Crippen molar-refractivity contribution >= 4 is 90.0 Å². The van der Waals surface area contributed by atoms with Gasteiger partial charge in [-0.15, -0.1) is 0 Å². The Morgan fingerprint density at radius 3 is 0.989 bits per heavy atom. The van der Waals surface area contributed by atoms with Crippen LogP contribution in [0.4, 0.5) is 0 Å². The molecule has 2 aliphatic heterocycles. The number of rotatable bonds is 7. The fourth-order valence-corrected chi connectivity index (χ4v) is 28.9. The van der Waals surface area contributed by atoms with Gasteiger partial charge in [0.1, 0.15) is 0 Å². The van der Waals surface area contributed by atoms with E-state index < -0.39 is 21.6 Å². The number of benzene rings is 16. The molecule has 0 fully saturated rings. The van der Waals surface area contributed by atoms with Gasteiger partial charge in [-0.05, 0) is 186 Å². The lowest BCUT2D eigenvalue weighted by Gasteiger charge is -2.33. The zero-order valence-electron chi connectivity index (χ0n) is 51.0. The van der Waals surface area contributed by atoms with Crippen LogP contribution in [-0.2, 0) is 5.41 Å². The Labute approximate surface area is 543 Å². The van der Waals surface area contributed by atoms with Gasteiger partial charge in [-0.2, -0.15) is 0 Å². The van der Waals surface area contributed by atoms with Gasteiger partial charge in [0.15, 0.2) is 16.1 Å². The first-order valence-corrected chi connectivity index (χ1v) is 36.7. The van der Waals surface area contributed by atoms with Crippen molar-refractivity contribution in [2.75, 3.05) is 0 Å². The summed E-state index contributed by atoms with van der Waals surface area (Å²) in [6.07, 6.45) is 0. The van der Waals surface area contributed by atoms with E-state index in [-0.39, 0.29) is 0 Å². The van der Waals surface area contributed by atoms with Crippen LogP contribution in [0.15, 0.2) is 352 Å². The summed E-state index contributed by atoms with van der Waals surface area (Å²) in [5.41, 5.74) is 22.8.